The average molecular weight is 245 g/mol. The van der Waals surface area contributed by atoms with E-state index in [0.29, 0.717) is 16.7 Å². The van der Waals surface area contributed by atoms with Gasteiger partial charge in [-0.1, -0.05) is 13.8 Å². The minimum atomic E-state index is -0.153. The molecule has 0 aromatic heterocycles. The molecule has 0 aliphatic heterocycles. The Morgan fingerprint density at radius 3 is 2.50 bits per heavy atom. The van der Waals surface area contributed by atoms with Crippen LogP contribution in [0.5, 0.6) is 0 Å². The molecule has 0 N–H and O–H groups in total. The van der Waals surface area contributed by atoms with E-state index >= 15 is 0 Å². The van der Waals surface area contributed by atoms with Crippen LogP contribution in [0.3, 0.4) is 0 Å². The van der Waals surface area contributed by atoms with Crippen molar-refractivity contribution in [3.63, 3.8) is 0 Å². The van der Waals surface area contributed by atoms with E-state index < -0.39 is 0 Å². The summed E-state index contributed by atoms with van der Waals surface area (Å²) in [7, 11) is 0. The van der Waals surface area contributed by atoms with E-state index in [4.69, 9.17) is 0 Å². The Kier molecular flexibility index (Phi) is 1.02. The minimum absolute atomic E-state index is 0.125. The van der Waals surface area contributed by atoms with Crippen molar-refractivity contribution in [2.75, 3.05) is 0 Å². The van der Waals surface area contributed by atoms with Crippen molar-refractivity contribution >= 4 is 0 Å². The Morgan fingerprint density at radius 2 is 1.89 bits per heavy atom. The fraction of sp³-hybridized carbons (Fsp3) is 1.00. The van der Waals surface area contributed by atoms with Crippen molar-refractivity contribution in [1.82, 2.24) is 0 Å². The molecule has 0 amide bonds. The van der Waals surface area contributed by atoms with Gasteiger partial charge in [0, 0.05) is 10.8 Å². The van der Waals surface area contributed by atoms with Crippen molar-refractivity contribution in [3.8, 4) is 0 Å². The molecule has 3 heteroatoms. The molecular formula is C15H19NO2. The Balaban J connectivity index is 1.57. The van der Waals surface area contributed by atoms with Gasteiger partial charge in [-0.25, -0.2) is 0 Å². The van der Waals surface area contributed by atoms with E-state index in [1.165, 1.54) is 19.3 Å². The maximum atomic E-state index is 11.6. The molecule has 6 aliphatic carbocycles. The number of nitro groups is 1. The van der Waals surface area contributed by atoms with Crippen LogP contribution in [0, 0.1) is 61.9 Å². The fourth-order valence-corrected chi connectivity index (χ4v) is 9.29. The summed E-state index contributed by atoms with van der Waals surface area (Å²) < 4.78 is 0. The van der Waals surface area contributed by atoms with Crippen molar-refractivity contribution in [2.45, 2.75) is 39.2 Å². The first-order chi connectivity index (χ1) is 8.54. The summed E-state index contributed by atoms with van der Waals surface area (Å²) in [4.78, 5) is 11.7. The SMILES string of the molecule is CC1CC2C3C4CC5CC6[C@@H]([N+](=O)[O-])C3(C12C)C546. The summed E-state index contributed by atoms with van der Waals surface area (Å²) in [5, 5.41) is 11.6. The van der Waals surface area contributed by atoms with E-state index in [0.717, 1.165) is 29.6 Å². The summed E-state index contributed by atoms with van der Waals surface area (Å²) >= 11 is 0. The van der Waals surface area contributed by atoms with Gasteiger partial charge in [-0.05, 0) is 59.7 Å². The molecule has 9 unspecified atom stereocenters. The van der Waals surface area contributed by atoms with E-state index in [2.05, 4.69) is 13.8 Å². The molecule has 6 saturated carbocycles. The molecule has 6 fully saturated rings. The molecule has 3 nitrogen and oxygen atoms in total. The predicted octanol–water partition coefficient (Wildman–Crippen LogP) is 2.58. The molecule has 6 rings (SSSR count). The van der Waals surface area contributed by atoms with Gasteiger partial charge in [0.2, 0.25) is 6.04 Å². The van der Waals surface area contributed by atoms with Crippen molar-refractivity contribution in [1.29, 1.82) is 0 Å². The molecule has 6 aliphatic rings. The second-order valence-electron chi connectivity index (χ2n) is 8.47. The van der Waals surface area contributed by atoms with E-state index in [1.54, 1.807) is 0 Å². The molecule has 0 radical (unpaired) electrons. The fourth-order valence-electron chi connectivity index (χ4n) is 9.29. The average Bonchev–Trinajstić information content (AvgIpc) is 2.23. The van der Waals surface area contributed by atoms with Crippen molar-refractivity contribution < 1.29 is 4.92 Å². The summed E-state index contributed by atoms with van der Waals surface area (Å²) in [5.74, 6) is 4.65. The number of fused-ring (bicyclic) bond motifs is 3. The van der Waals surface area contributed by atoms with Gasteiger partial charge in [-0.15, -0.1) is 0 Å². The molecule has 0 aromatic carbocycles. The van der Waals surface area contributed by atoms with Crippen LogP contribution in [0.15, 0.2) is 0 Å². The second-order valence-corrected chi connectivity index (χ2v) is 8.47. The third kappa shape index (κ3) is 0.418. The number of hydrogen-bond acceptors (Lipinski definition) is 2. The van der Waals surface area contributed by atoms with Gasteiger partial charge in [-0.3, -0.25) is 10.1 Å². The van der Waals surface area contributed by atoms with Gasteiger partial charge in [0.1, 0.15) is 0 Å². The lowest BCUT2D eigenvalue weighted by Crippen LogP contribution is -3.06. The Morgan fingerprint density at radius 1 is 1.17 bits per heavy atom. The second kappa shape index (κ2) is 1.97. The van der Waals surface area contributed by atoms with Gasteiger partial charge in [0.25, 0.3) is 0 Å². The zero-order valence-corrected chi connectivity index (χ0v) is 10.9. The highest BCUT2D eigenvalue weighted by Crippen LogP contribution is 3.06. The Labute approximate surface area is 106 Å². The molecule has 18 heavy (non-hydrogen) atoms. The van der Waals surface area contributed by atoms with Crippen LogP contribution in [-0.4, -0.2) is 11.0 Å². The van der Waals surface area contributed by atoms with Crippen molar-refractivity contribution in [2.24, 2.45) is 51.8 Å². The Bertz CT molecular complexity index is 525. The highest BCUT2D eigenvalue weighted by atomic mass is 16.6. The van der Waals surface area contributed by atoms with Crippen LogP contribution < -0.4 is 0 Å². The van der Waals surface area contributed by atoms with Crippen LogP contribution in [0.25, 0.3) is 0 Å². The third-order valence-electron chi connectivity index (χ3n) is 9.46. The maximum Gasteiger partial charge on any atom is 0.223 e. The highest BCUT2D eigenvalue weighted by molar-refractivity contribution is 5.51. The molecule has 0 bridgehead atoms. The number of rotatable bonds is 1. The normalized spacial score (nSPS) is 79.6. The van der Waals surface area contributed by atoms with Crippen LogP contribution >= 0.6 is 0 Å². The van der Waals surface area contributed by atoms with E-state index in [1.807, 2.05) is 0 Å². The first kappa shape index (κ1) is 9.33. The minimum Gasteiger partial charge on any atom is -0.264 e. The summed E-state index contributed by atoms with van der Waals surface area (Å²) in [6, 6.07) is -0.153. The van der Waals surface area contributed by atoms with Crippen molar-refractivity contribution in [3.05, 3.63) is 10.1 Å². The largest absolute Gasteiger partial charge is 0.264 e. The molecular weight excluding hydrogens is 226 g/mol. The first-order valence-electron chi connectivity index (χ1n) is 7.67. The summed E-state index contributed by atoms with van der Waals surface area (Å²) in [6.07, 6.45) is 3.97. The smallest absolute Gasteiger partial charge is 0.223 e. The Hall–Kier alpha value is -0.600. The highest BCUT2D eigenvalue weighted by Gasteiger charge is 3.08. The van der Waals surface area contributed by atoms with Crippen LogP contribution in [0.4, 0.5) is 0 Å². The molecule has 0 aromatic rings. The zero-order chi connectivity index (χ0) is 12.2. The standard InChI is InChI=1S/C15H19NO2/c1-6-3-8-11-9-4-7-5-10-12(16(17)18)15(11,13(6,8)2)14(7,9)10/h6-12H,3-5H2,1-2H3/t6?,7?,8?,9?,10?,11?,12-,13?,14?,15?/m1/s1. The van der Waals surface area contributed by atoms with Gasteiger partial charge in [-0.2, -0.15) is 0 Å². The van der Waals surface area contributed by atoms with Gasteiger partial charge in [0.05, 0.1) is 5.41 Å². The van der Waals surface area contributed by atoms with Gasteiger partial charge in [0.15, 0.2) is 0 Å². The van der Waals surface area contributed by atoms with Crippen LogP contribution in [0.1, 0.15) is 33.1 Å². The van der Waals surface area contributed by atoms with E-state index in [9.17, 15) is 10.1 Å². The van der Waals surface area contributed by atoms with Crippen LogP contribution in [-0.2, 0) is 0 Å². The quantitative estimate of drug-likeness (QED) is 0.526. The molecule has 0 saturated heterocycles. The first-order valence-corrected chi connectivity index (χ1v) is 7.67. The third-order valence-corrected chi connectivity index (χ3v) is 9.46. The van der Waals surface area contributed by atoms with Crippen LogP contribution in [0.2, 0.25) is 0 Å². The monoisotopic (exact) mass is 245 g/mol. The number of nitrogens with zero attached hydrogens (tertiary/aromatic N) is 1. The summed E-state index contributed by atoms with van der Waals surface area (Å²) in [6.45, 7) is 4.76. The molecule has 0 heterocycles. The molecule has 2 spiro atoms. The van der Waals surface area contributed by atoms with Gasteiger partial charge < -0.3 is 0 Å². The topological polar surface area (TPSA) is 43.1 Å². The van der Waals surface area contributed by atoms with E-state index in [-0.39, 0.29) is 16.4 Å². The maximum absolute atomic E-state index is 11.6. The number of hydrogen-bond donors (Lipinski definition) is 0. The molecule has 10 atom stereocenters. The van der Waals surface area contributed by atoms with Gasteiger partial charge >= 0.3 is 0 Å². The zero-order valence-electron chi connectivity index (χ0n) is 10.9. The lowest BCUT2D eigenvalue weighted by atomic mass is 8.97. The molecule has 96 valence electrons. The summed E-state index contributed by atoms with van der Waals surface area (Å²) in [5.41, 5.74) is 1.04. The lowest BCUT2D eigenvalue weighted by molar-refractivity contribution is -0.714. The predicted molar refractivity (Wildman–Crippen MR) is 64.2 cm³/mol. The lowest BCUT2D eigenvalue weighted by Gasteiger charge is -3.04.